The molecule has 0 aliphatic rings. The Morgan fingerprint density at radius 1 is 1.11 bits per heavy atom. The fourth-order valence-corrected chi connectivity index (χ4v) is 0.111. The van der Waals surface area contributed by atoms with E-state index >= 15 is 0 Å². The quantitative estimate of drug-likeness (QED) is 0.516. The molecular formula is C8H16Pt. The van der Waals surface area contributed by atoms with Crippen LogP contribution in [-0.4, -0.2) is 0 Å². The van der Waals surface area contributed by atoms with Crippen LogP contribution in [-0.2, 0) is 21.1 Å². The maximum Gasteiger partial charge on any atom is 4.00 e. The zero-order valence-corrected chi connectivity index (χ0v) is 8.90. The van der Waals surface area contributed by atoms with Crippen molar-refractivity contribution in [2.75, 3.05) is 0 Å². The van der Waals surface area contributed by atoms with E-state index in [9.17, 15) is 0 Å². The van der Waals surface area contributed by atoms with Crippen LogP contribution >= 0.6 is 0 Å². The Kier molecular flexibility index (Phi) is 164. The van der Waals surface area contributed by atoms with Gasteiger partial charge in [-0.3, -0.25) is 6.58 Å². The summed E-state index contributed by atoms with van der Waals surface area (Å²) in [7, 11) is 0. The number of rotatable bonds is 1. The SMILES string of the molecule is [CH-]=CC=CC.[CH3-].[CH3-].[CH3-].[Pt+4]. The monoisotopic (exact) mass is 307 g/mol. The van der Waals surface area contributed by atoms with Crippen LogP contribution in [0.25, 0.3) is 0 Å². The molecule has 0 aliphatic heterocycles. The van der Waals surface area contributed by atoms with Gasteiger partial charge in [0.2, 0.25) is 0 Å². The third kappa shape index (κ3) is 66.1. The normalized spacial score (nSPS) is 5.00. The summed E-state index contributed by atoms with van der Waals surface area (Å²) in [5.41, 5.74) is 0. The zero-order valence-electron chi connectivity index (χ0n) is 6.63. The minimum absolute atomic E-state index is 0. The van der Waals surface area contributed by atoms with Crippen LogP contribution in [0.5, 0.6) is 0 Å². The first-order valence-electron chi connectivity index (χ1n) is 1.58. The van der Waals surface area contributed by atoms with Crippen LogP contribution < -0.4 is 0 Å². The van der Waals surface area contributed by atoms with Gasteiger partial charge < -0.3 is 22.3 Å². The molecule has 0 radical (unpaired) electrons. The van der Waals surface area contributed by atoms with Gasteiger partial charge in [0.15, 0.2) is 0 Å². The molecule has 1 heteroatoms. The smallest absolute Gasteiger partial charge is 0.358 e. The summed E-state index contributed by atoms with van der Waals surface area (Å²) in [6.07, 6.45) is 5.15. The van der Waals surface area contributed by atoms with E-state index < -0.39 is 0 Å². The van der Waals surface area contributed by atoms with E-state index in [1.165, 1.54) is 6.08 Å². The van der Waals surface area contributed by atoms with Gasteiger partial charge in [-0.1, -0.05) is 6.92 Å². The molecule has 9 heavy (non-hydrogen) atoms. The molecule has 0 fully saturated rings. The average Bonchev–Trinajstić information content (AvgIpc) is 1.41. The molecule has 0 amide bonds. The minimum Gasteiger partial charge on any atom is -0.358 e. The van der Waals surface area contributed by atoms with Crippen LogP contribution in [0.4, 0.5) is 0 Å². The predicted octanol–water partition coefficient (Wildman–Crippen LogP) is 2.90. The van der Waals surface area contributed by atoms with Gasteiger partial charge in [-0.25, -0.2) is 12.2 Å². The van der Waals surface area contributed by atoms with Gasteiger partial charge in [-0.15, -0.1) is 0 Å². The first kappa shape index (κ1) is 35.2. The molecule has 0 unspecified atom stereocenters. The summed E-state index contributed by atoms with van der Waals surface area (Å²) in [6, 6.07) is 0. The Hall–Kier alpha value is 0.168. The molecule has 0 heterocycles. The second-order valence-corrected chi connectivity index (χ2v) is 0.718. The van der Waals surface area contributed by atoms with Crippen molar-refractivity contribution in [2.24, 2.45) is 0 Å². The molecule has 0 aromatic carbocycles. The Balaban J connectivity index is -0.0000000133. The topological polar surface area (TPSA) is 0 Å². The molecule has 58 valence electrons. The summed E-state index contributed by atoms with van der Waals surface area (Å²) in [5, 5.41) is 0. The Bertz CT molecular complexity index is 46.5. The average molecular weight is 307 g/mol. The van der Waals surface area contributed by atoms with Gasteiger partial charge in [0.25, 0.3) is 0 Å². The van der Waals surface area contributed by atoms with Crippen LogP contribution in [0.2, 0.25) is 0 Å². The third-order valence-electron chi connectivity index (χ3n) is 0.304. The molecule has 0 saturated carbocycles. The van der Waals surface area contributed by atoms with E-state index in [0.717, 1.165) is 0 Å². The second kappa shape index (κ2) is 41.8. The molecule has 0 saturated heterocycles. The number of hydrogen-bond donors (Lipinski definition) is 0. The molecule has 0 N–H and O–H groups in total. The van der Waals surface area contributed by atoms with Gasteiger partial charge in [0.05, 0.1) is 0 Å². The van der Waals surface area contributed by atoms with E-state index in [4.69, 9.17) is 6.58 Å². The minimum atomic E-state index is 0. The maximum absolute atomic E-state index is 4.93. The van der Waals surface area contributed by atoms with Crippen molar-refractivity contribution in [2.45, 2.75) is 6.92 Å². The molecule has 0 rings (SSSR count). The van der Waals surface area contributed by atoms with Gasteiger partial charge in [0, 0.05) is 0 Å². The van der Waals surface area contributed by atoms with Crippen molar-refractivity contribution in [3.63, 3.8) is 0 Å². The molecule has 0 aliphatic carbocycles. The summed E-state index contributed by atoms with van der Waals surface area (Å²) >= 11 is 0. The van der Waals surface area contributed by atoms with E-state index in [1.807, 2.05) is 13.0 Å². The van der Waals surface area contributed by atoms with E-state index in [-0.39, 0.29) is 43.3 Å². The van der Waals surface area contributed by atoms with E-state index in [2.05, 4.69) is 0 Å². The first-order chi connectivity index (χ1) is 2.41. The van der Waals surface area contributed by atoms with Crippen LogP contribution in [0.15, 0.2) is 18.2 Å². The van der Waals surface area contributed by atoms with Gasteiger partial charge >= 0.3 is 21.1 Å². The summed E-state index contributed by atoms with van der Waals surface area (Å²) in [6.45, 7) is 6.85. The fourth-order valence-electron chi connectivity index (χ4n) is 0.111. The van der Waals surface area contributed by atoms with Crippen molar-refractivity contribution in [1.29, 1.82) is 0 Å². The van der Waals surface area contributed by atoms with Crippen molar-refractivity contribution in [3.05, 3.63) is 47.1 Å². The number of allylic oxidation sites excluding steroid dienone is 3. The maximum atomic E-state index is 4.93. The first-order valence-corrected chi connectivity index (χ1v) is 1.58. The van der Waals surface area contributed by atoms with E-state index in [1.54, 1.807) is 6.08 Å². The summed E-state index contributed by atoms with van der Waals surface area (Å²) in [5.74, 6) is 0. The molecule has 0 nitrogen and oxygen atoms in total. The van der Waals surface area contributed by atoms with Gasteiger partial charge in [-0.2, -0.15) is 6.08 Å². The second-order valence-electron chi connectivity index (χ2n) is 0.718. The number of hydrogen-bond acceptors (Lipinski definition) is 0. The molecule has 0 atom stereocenters. The third-order valence-corrected chi connectivity index (χ3v) is 0.304. The van der Waals surface area contributed by atoms with E-state index in [0.29, 0.717) is 0 Å². The van der Waals surface area contributed by atoms with Gasteiger partial charge in [-0.05, 0) is 0 Å². The predicted molar refractivity (Wildman–Crippen MR) is 42.9 cm³/mol. The Morgan fingerprint density at radius 3 is 1.44 bits per heavy atom. The molecule has 0 bridgehead atoms. The summed E-state index contributed by atoms with van der Waals surface area (Å²) in [4.78, 5) is 0. The molecular weight excluding hydrogens is 291 g/mol. The van der Waals surface area contributed by atoms with Crippen LogP contribution in [0, 0.1) is 28.9 Å². The van der Waals surface area contributed by atoms with Crippen LogP contribution in [0.3, 0.4) is 0 Å². The van der Waals surface area contributed by atoms with Crippen molar-refractivity contribution >= 4 is 0 Å². The zero-order chi connectivity index (χ0) is 4.12. The molecule has 0 spiro atoms. The van der Waals surface area contributed by atoms with Crippen molar-refractivity contribution < 1.29 is 21.1 Å². The van der Waals surface area contributed by atoms with Gasteiger partial charge in [0.1, 0.15) is 0 Å². The standard InChI is InChI=1S/C5H7.3CH3.Pt/c1-3-5-4-2;;;;/h1,3-5H,2H3;3*1H3;/q4*-1;+4. The molecule has 0 aromatic heterocycles. The fraction of sp³-hybridized carbons (Fsp3) is 0.125. The van der Waals surface area contributed by atoms with Crippen LogP contribution in [0.1, 0.15) is 6.92 Å². The summed E-state index contributed by atoms with van der Waals surface area (Å²) < 4.78 is 0. The Morgan fingerprint density at radius 2 is 1.44 bits per heavy atom. The molecule has 0 aromatic rings. The van der Waals surface area contributed by atoms with Crippen molar-refractivity contribution in [1.82, 2.24) is 0 Å². The van der Waals surface area contributed by atoms with Crippen molar-refractivity contribution in [3.8, 4) is 0 Å². The Labute approximate surface area is 75.3 Å². The largest absolute Gasteiger partial charge is 4.00 e.